The fraction of sp³-hybridized carbons (Fsp3) is 0.769. The molecule has 106 valence electrons. The van der Waals surface area contributed by atoms with Crippen molar-refractivity contribution in [3.8, 4) is 0 Å². The molecule has 3 N–H and O–H groups in total. The van der Waals surface area contributed by atoms with Crippen LogP contribution in [0.2, 0.25) is 0 Å². The van der Waals surface area contributed by atoms with Crippen LogP contribution in [0.3, 0.4) is 0 Å². The summed E-state index contributed by atoms with van der Waals surface area (Å²) in [6.45, 7) is 5.13. The number of aromatic nitrogens is 3. The molecule has 1 aliphatic rings. The van der Waals surface area contributed by atoms with Gasteiger partial charge in [0.1, 0.15) is 0 Å². The van der Waals surface area contributed by atoms with Gasteiger partial charge in [-0.15, -0.1) is 0 Å². The number of hydrogen-bond donors (Lipinski definition) is 2. The Balaban J connectivity index is 1.89. The Hall–Kier alpha value is -1.59. The zero-order valence-electron chi connectivity index (χ0n) is 11.7. The SMILES string of the molecule is CCCCCCNc1nc(N)nc(N2CCCC2)n1. The summed E-state index contributed by atoms with van der Waals surface area (Å²) in [6, 6.07) is 0. The van der Waals surface area contributed by atoms with Gasteiger partial charge in [0.05, 0.1) is 0 Å². The van der Waals surface area contributed by atoms with Gasteiger partial charge in [-0.05, 0) is 19.3 Å². The number of nitrogens with two attached hydrogens (primary N) is 1. The van der Waals surface area contributed by atoms with Crippen LogP contribution in [-0.2, 0) is 0 Å². The number of nitrogens with one attached hydrogen (secondary N) is 1. The molecule has 1 saturated heterocycles. The lowest BCUT2D eigenvalue weighted by Gasteiger charge is -2.16. The molecule has 0 bridgehead atoms. The first-order valence-corrected chi connectivity index (χ1v) is 7.30. The smallest absolute Gasteiger partial charge is 0.231 e. The third-order valence-corrected chi connectivity index (χ3v) is 3.34. The summed E-state index contributed by atoms with van der Waals surface area (Å²) in [7, 11) is 0. The largest absolute Gasteiger partial charge is 0.368 e. The van der Waals surface area contributed by atoms with Crippen molar-refractivity contribution in [1.29, 1.82) is 0 Å². The Morgan fingerprint density at radius 3 is 2.63 bits per heavy atom. The second-order valence-electron chi connectivity index (χ2n) is 5.00. The minimum atomic E-state index is 0.299. The van der Waals surface area contributed by atoms with Gasteiger partial charge in [0, 0.05) is 19.6 Å². The van der Waals surface area contributed by atoms with Crippen molar-refractivity contribution < 1.29 is 0 Å². The van der Waals surface area contributed by atoms with Gasteiger partial charge in [0.25, 0.3) is 0 Å². The maximum absolute atomic E-state index is 5.75. The molecule has 0 aliphatic carbocycles. The van der Waals surface area contributed by atoms with Gasteiger partial charge in [0.2, 0.25) is 17.8 Å². The van der Waals surface area contributed by atoms with Crippen LogP contribution < -0.4 is 16.0 Å². The van der Waals surface area contributed by atoms with Crippen molar-refractivity contribution in [2.24, 2.45) is 0 Å². The lowest BCUT2D eigenvalue weighted by Crippen LogP contribution is -2.22. The van der Waals surface area contributed by atoms with Crippen LogP contribution in [0, 0.1) is 0 Å². The van der Waals surface area contributed by atoms with Crippen LogP contribution in [0.25, 0.3) is 0 Å². The summed E-state index contributed by atoms with van der Waals surface area (Å²) in [5.74, 6) is 1.61. The van der Waals surface area contributed by atoms with Gasteiger partial charge in [-0.1, -0.05) is 26.2 Å². The van der Waals surface area contributed by atoms with Crippen molar-refractivity contribution in [2.75, 3.05) is 35.6 Å². The fourth-order valence-corrected chi connectivity index (χ4v) is 2.27. The molecule has 0 aromatic carbocycles. The molecular weight excluding hydrogens is 240 g/mol. The quantitative estimate of drug-likeness (QED) is 0.734. The highest BCUT2D eigenvalue weighted by atomic mass is 15.3. The van der Waals surface area contributed by atoms with E-state index < -0.39 is 0 Å². The highest BCUT2D eigenvalue weighted by molar-refractivity contribution is 5.42. The van der Waals surface area contributed by atoms with E-state index in [1.807, 2.05) is 0 Å². The average Bonchev–Trinajstić information content (AvgIpc) is 2.92. The normalized spacial score (nSPS) is 14.9. The summed E-state index contributed by atoms with van der Waals surface area (Å²) < 4.78 is 0. The van der Waals surface area contributed by atoms with E-state index in [0.717, 1.165) is 26.1 Å². The van der Waals surface area contributed by atoms with Crippen molar-refractivity contribution in [1.82, 2.24) is 15.0 Å². The monoisotopic (exact) mass is 264 g/mol. The number of nitrogens with zero attached hydrogens (tertiary/aromatic N) is 4. The highest BCUT2D eigenvalue weighted by Crippen LogP contribution is 2.17. The van der Waals surface area contributed by atoms with Crippen molar-refractivity contribution in [3.05, 3.63) is 0 Å². The Labute approximate surface area is 114 Å². The molecule has 2 rings (SSSR count). The number of nitrogen functional groups attached to an aromatic ring is 1. The summed E-state index contributed by atoms with van der Waals surface area (Å²) in [5, 5.41) is 3.24. The van der Waals surface area contributed by atoms with E-state index in [1.165, 1.54) is 32.1 Å². The summed E-state index contributed by atoms with van der Waals surface area (Å²) >= 11 is 0. The summed E-state index contributed by atoms with van der Waals surface area (Å²) in [5.41, 5.74) is 5.75. The van der Waals surface area contributed by atoms with E-state index >= 15 is 0 Å². The van der Waals surface area contributed by atoms with E-state index in [4.69, 9.17) is 5.73 Å². The molecule has 0 spiro atoms. The Bertz CT molecular complexity index is 389. The van der Waals surface area contributed by atoms with Crippen molar-refractivity contribution in [3.63, 3.8) is 0 Å². The highest BCUT2D eigenvalue weighted by Gasteiger charge is 2.16. The standard InChI is InChI=1S/C13H24N6/c1-2-3-4-5-8-15-12-16-11(14)17-13(18-12)19-9-6-7-10-19/h2-10H2,1H3,(H3,14,15,16,17,18). The molecule has 6 heteroatoms. The van der Waals surface area contributed by atoms with Gasteiger partial charge in [-0.25, -0.2) is 0 Å². The average molecular weight is 264 g/mol. The molecule has 6 nitrogen and oxygen atoms in total. The first kappa shape index (κ1) is 13.8. The second kappa shape index (κ2) is 7.11. The van der Waals surface area contributed by atoms with E-state index in [1.54, 1.807) is 0 Å². The molecule has 1 aliphatic heterocycles. The number of rotatable bonds is 7. The predicted octanol–water partition coefficient (Wildman–Crippen LogP) is 2.05. The maximum atomic E-state index is 5.75. The molecule has 19 heavy (non-hydrogen) atoms. The maximum Gasteiger partial charge on any atom is 0.231 e. The second-order valence-corrected chi connectivity index (χ2v) is 5.00. The molecule has 1 aromatic heterocycles. The van der Waals surface area contributed by atoms with Gasteiger partial charge in [-0.3, -0.25) is 0 Å². The van der Waals surface area contributed by atoms with Crippen LogP contribution in [0.15, 0.2) is 0 Å². The van der Waals surface area contributed by atoms with E-state index in [2.05, 4.69) is 32.1 Å². The minimum absolute atomic E-state index is 0.299. The lowest BCUT2D eigenvalue weighted by atomic mass is 10.2. The predicted molar refractivity (Wildman–Crippen MR) is 78.3 cm³/mol. The van der Waals surface area contributed by atoms with Crippen LogP contribution >= 0.6 is 0 Å². The molecule has 0 amide bonds. The van der Waals surface area contributed by atoms with E-state index in [0.29, 0.717) is 17.8 Å². The summed E-state index contributed by atoms with van der Waals surface area (Å²) in [6.07, 6.45) is 7.30. The van der Waals surface area contributed by atoms with Crippen molar-refractivity contribution in [2.45, 2.75) is 45.4 Å². The van der Waals surface area contributed by atoms with Crippen LogP contribution in [-0.4, -0.2) is 34.6 Å². The van der Waals surface area contributed by atoms with E-state index in [9.17, 15) is 0 Å². The van der Waals surface area contributed by atoms with Crippen LogP contribution in [0.4, 0.5) is 17.8 Å². The first-order chi connectivity index (χ1) is 9.29. The number of anilines is 3. The van der Waals surface area contributed by atoms with Gasteiger partial charge >= 0.3 is 0 Å². The Morgan fingerprint density at radius 2 is 1.89 bits per heavy atom. The van der Waals surface area contributed by atoms with Gasteiger partial charge < -0.3 is 16.0 Å². The van der Waals surface area contributed by atoms with Gasteiger partial charge in [0.15, 0.2) is 0 Å². The van der Waals surface area contributed by atoms with E-state index in [-0.39, 0.29) is 0 Å². The zero-order valence-corrected chi connectivity index (χ0v) is 11.7. The molecule has 0 radical (unpaired) electrons. The van der Waals surface area contributed by atoms with Crippen molar-refractivity contribution >= 4 is 17.8 Å². The molecule has 0 unspecified atom stereocenters. The molecule has 2 heterocycles. The molecule has 1 aromatic rings. The number of hydrogen-bond acceptors (Lipinski definition) is 6. The van der Waals surface area contributed by atoms with Gasteiger partial charge in [-0.2, -0.15) is 15.0 Å². The third kappa shape index (κ3) is 4.22. The number of unbranched alkanes of at least 4 members (excludes halogenated alkanes) is 3. The molecule has 0 saturated carbocycles. The lowest BCUT2D eigenvalue weighted by molar-refractivity contribution is 0.683. The summed E-state index contributed by atoms with van der Waals surface area (Å²) in [4.78, 5) is 15.0. The molecular formula is C13H24N6. The Kier molecular flexibility index (Phi) is 5.18. The molecule has 0 atom stereocenters. The molecule has 1 fully saturated rings. The minimum Gasteiger partial charge on any atom is -0.368 e. The fourth-order valence-electron chi connectivity index (χ4n) is 2.27. The topological polar surface area (TPSA) is 80.0 Å². The third-order valence-electron chi connectivity index (χ3n) is 3.34. The first-order valence-electron chi connectivity index (χ1n) is 7.30. The van der Waals surface area contributed by atoms with Crippen LogP contribution in [0.1, 0.15) is 45.4 Å². The Morgan fingerprint density at radius 1 is 1.11 bits per heavy atom. The zero-order chi connectivity index (χ0) is 13.5. The van der Waals surface area contributed by atoms with Crippen LogP contribution in [0.5, 0.6) is 0 Å².